The van der Waals surface area contributed by atoms with E-state index in [9.17, 15) is 13.9 Å². The van der Waals surface area contributed by atoms with Crippen LogP contribution in [0.3, 0.4) is 0 Å². The summed E-state index contributed by atoms with van der Waals surface area (Å²) < 4.78 is 28.5. The second kappa shape index (κ2) is 7.15. The monoisotopic (exact) mass is 372 g/mol. The minimum absolute atomic E-state index is 0.224. The van der Waals surface area contributed by atoms with Gasteiger partial charge in [0.2, 0.25) is 0 Å². The molecule has 27 heavy (non-hydrogen) atoms. The maximum atomic E-state index is 13.7. The van der Waals surface area contributed by atoms with Crippen molar-refractivity contribution in [1.82, 2.24) is 14.5 Å². The van der Waals surface area contributed by atoms with Crippen molar-refractivity contribution >= 4 is 16.7 Å². The van der Waals surface area contributed by atoms with Gasteiger partial charge in [-0.1, -0.05) is 24.3 Å². The SMILES string of the molecule is CC(c1nc2ccccc2n1C(F)F)N1CCN(c2ccccc2O)CC1. The van der Waals surface area contributed by atoms with E-state index in [2.05, 4.69) is 14.8 Å². The van der Waals surface area contributed by atoms with Gasteiger partial charge in [-0.3, -0.25) is 9.47 Å². The number of hydrogen-bond donors (Lipinski definition) is 1. The number of phenolic OH excluding ortho intramolecular Hbond substituents is 1. The van der Waals surface area contributed by atoms with Crippen molar-refractivity contribution in [3.8, 4) is 5.75 Å². The molecule has 1 unspecified atom stereocenters. The highest BCUT2D eigenvalue weighted by molar-refractivity contribution is 5.76. The quantitative estimate of drug-likeness (QED) is 0.751. The van der Waals surface area contributed by atoms with Gasteiger partial charge in [0.1, 0.15) is 11.6 Å². The number of aromatic hydroxyl groups is 1. The third-order valence-electron chi connectivity index (χ3n) is 5.28. The van der Waals surface area contributed by atoms with E-state index in [1.54, 1.807) is 30.3 Å². The van der Waals surface area contributed by atoms with Crippen LogP contribution in [0.4, 0.5) is 14.5 Å². The summed E-state index contributed by atoms with van der Waals surface area (Å²) in [5.41, 5.74) is 1.86. The first kappa shape index (κ1) is 17.7. The number of phenols is 1. The molecule has 2 aromatic carbocycles. The molecular weight excluding hydrogens is 350 g/mol. The van der Waals surface area contributed by atoms with Crippen molar-refractivity contribution in [2.24, 2.45) is 0 Å². The Labute approximate surface area is 156 Å². The van der Waals surface area contributed by atoms with Gasteiger partial charge in [0.15, 0.2) is 0 Å². The summed E-state index contributed by atoms with van der Waals surface area (Å²) in [6.45, 7) is 2.16. The number of para-hydroxylation sites is 4. The van der Waals surface area contributed by atoms with E-state index in [1.807, 2.05) is 25.1 Å². The smallest absolute Gasteiger partial charge is 0.320 e. The highest BCUT2D eigenvalue weighted by Crippen LogP contribution is 2.32. The zero-order valence-corrected chi connectivity index (χ0v) is 15.1. The first-order valence-corrected chi connectivity index (χ1v) is 9.08. The summed E-state index contributed by atoms with van der Waals surface area (Å²) >= 11 is 0. The predicted octanol–water partition coefficient (Wildman–Crippen LogP) is 4.02. The van der Waals surface area contributed by atoms with Crippen LogP contribution in [0.25, 0.3) is 11.0 Å². The van der Waals surface area contributed by atoms with E-state index >= 15 is 0 Å². The molecule has 1 saturated heterocycles. The molecule has 1 aromatic heterocycles. The van der Waals surface area contributed by atoms with Crippen LogP contribution in [-0.2, 0) is 0 Å². The lowest BCUT2D eigenvalue weighted by atomic mass is 10.2. The van der Waals surface area contributed by atoms with Crippen molar-refractivity contribution in [2.45, 2.75) is 19.5 Å². The van der Waals surface area contributed by atoms with Gasteiger partial charge in [0.05, 0.1) is 22.8 Å². The Morgan fingerprint density at radius 3 is 2.33 bits per heavy atom. The molecular formula is C20H22F2N4O. The van der Waals surface area contributed by atoms with Crippen LogP contribution in [0.5, 0.6) is 5.75 Å². The molecule has 5 nitrogen and oxygen atoms in total. The van der Waals surface area contributed by atoms with Crippen LogP contribution in [0.15, 0.2) is 48.5 Å². The Kier molecular flexibility index (Phi) is 4.70. The van der Waals surface area contributed by atoms with E-state index < -0.39 is 6.55 Å². The van der Waals surface area contributed by atoms with Crippen molar-refractivity contribution in [3.05, 3.63) is 54.4 Å². The summed E-state index contributed by atoms with van der Waals surface area (Å²) in [5, 5.41) is 10.0. The summed E-state index contributed by atoms with van der Waals surface area (Å²) in [7, 11) is 0. The Bertz CT molecular complexity index is 935. The van der Waals surface area contributed by atoms with Gasteiger partial charge in [0, 0.05) is 26.2 Å². The number of hydrogen-bond acceptors (Lipinski definition) is 4. The van der Waals surface area contributed by atoms with Gasteiger partial charge < -0.3 is 10.0 Å². The number of fused-ring (bicyclic) bond motifs is 1. The number of rotatable bonds is 4. The number of anilines is 1. The number of aromatic nitrogens is 2. The lowest BCUT2D eigenvalue weighted by Crippen LogP contribution is -2.47. The minimum atomic E-state index is -2.63. The lowest BCUT2D eigenvalue weighted by Gasteiger charge is -2.39. The molecule has 1 N–H and O–H groups in total. The predicted molar refractivity (Wildman–Crippen MR) is 101 cm³/mol. The molecule has 1 fully saturated rings. The van der Waals surface area contributed by atoms with Crippen LogP contribution in [0, 0.1) is 0 Å². The molecule has 142 valence electrons. The first-order chi connectivity index (χ1) is 13.1. The normalized spacial score (nSPS) is 17.0. The first-order valence-electron chi connectivity index (χ1n) is 9.08. The Hall–Kier alpha value is -2.67. The molecule has 0 bridgehead atoms. The molecule has 2 heterocycles. The zero-order chi connectivity index (χ0) is 19.0. The molecule has 7 heteroatoms. The van der Waals surface area contributed by atoms with Crippen LogP contribution in [0.1, 0.15) is 25.3 Å². The van der Waals surface area contributed by atoms with Crippen molar-refractivity contribution in [2.75, 3.05) is 31.1 Å². The van der Waals surface area contributed by atoms with Crippen LogP contribution >= 0.6 is 0 Å². The lowest BCUT2D eigenvalue weighted by molar-refractivity contribution is 0.0641. The highest BCUT2D eigenvalue weighted by atomic mass is 19.3. The average molecular weight is 372 g/mol. The van der Waals surface area contributed by atoms with Crippen molar-refractivity contribution in [1.29, 1.82) is 0 Å². The molecule has 0 amide bonds. The number of halogens is 2. The van der Waals surface area contributed by atoms with E-state index in [0.29, 0.717) is 29.9 Å². The van der Waals surface area contributed by atoms with Crippen LogP contribution in [0.2, 0.25) is 0 Å². The van der Waals surface area contributed by atoms with Gasteiger partial charge in [-0.2, -0.15) is 8.78 Å². The van der Waals surface area contributed by atoms with E-state index in [4.69, 9.17) is 0 Å². The summed E-state index contributed by atoms with van der Waals surface area (Å²) in [4.78, 5) is 8.77. The number of benzene rings is 2. The molecule has 4 rings (SSSR count). The van der Waals surface area contributed by atoms with Crippen molar-refractivity contribution < 1.29 is 13.9 Å². The fourth-order valence-electron chi connectivity index (χ4n) is 3.81. The molecule has 0 spiro atoms. The highest BCUT2D eigenvalue weighted by Gasteiger charge is 2.28. The zero-order valence-electron chi connectivity index (χ0n) is 15.1. The van der Waals surface area contributed by atoms with Gasteiger partial charge >= 0.3 is 6.55 Å². The molecule has 1 aliphatic rings. The summed E-state index contributed by atoms with van der Waals surface area (Å²) in [6, 6.07) is 14.0. The fourth-order valence-corrected chi connectivity index (χ4v) is 3.81. The second-order valence-electron chi connectivity index (χ2n) is 6.79. The minimum Gasteiger partial charge on any atom is -0.506 e. The van der Waals surface area contributed by atoms with Gasteiger partial charge in [-0.15, -0.1) is 0 Å². The van der Waals surface area contributed by atoms with Gasteiger partial charge in [0.25, 0.3) is 0 Å². The fraction of sp³-hybridized carbons (Fsp3) is 0.350. The number of piperazine rings is 1. The topological polar surface area (TPSA) is 44.5 Å². The number of alkyl halides is 2. The second-order valence-corrected chi connectivity index (χ2v) is 6.79. The van der Waals surface area contributed by atoms with Crippen molar-refractivity contribution in [3.63, 3.8) is 0 Å². The number of nitrogens with zero attached hydrogens (tertiary/aromatic N) is 4. The Balaban J connectivity index is 1.55. The van der Waals surface area contributed by atoms with E-state index in [-0.39, 0.29) is 11.8 Å². The molecule has 1 atom stereocenters. The molecule has 0 saturated carbocycles. The Morgan fingerprint density at radius 2 is 1.63 bits per heavy atom. The summed E-state index contributed by atoms with van der Waals surface area (Å²) in [6.07, 6.45) is 0. The standard InChI is InChI=1S/C20H22F2N4O/c1-14(19-23-15-6-2-3-7-16(15)26(19)20(21)22)24-10-12-25(13-11-24)17-8-4-5-9-18(17)27/h2-9,14,20,27H,10-13H2,1H3. The maximum Gasteiger partial charge on any atom is 0.320 e. The largest absolute Gasteiger partial charge is 0.506 e. The molecule has 3 aromatic rings. The molecule has 1 aliphatic heterocycles. The van der Waals surface area contributed by atoms with E-state index in [0.717, 1.165) is 23.3 Å². The Morgan fingerprint density at radius 1 is 0.963 bits per heavy atom. The number of imidazole rings is 1. The third-order valence-corrected chi connectivity index (χ3v) is 5.28. The molecule has 0 aliphatic carbocycles. The third kappa shape index (κ3) is 3.23. The average Bonchev–Trinajstić information content (AvgIpc) is 3.08. The van der Waals surface area contributed by atoms with Crippen LogP contribution < -0.4 is 4.90 Å². The summed E-state index contributed by atoms with van der Waals surface area (Å²) in [5.74, 6) is 0.653. The van der Waals surface area contributed by atoms with Gasteiger partial charge in [-0.05, 0) is 31.2 Å². The van der Waals surface area contributed by atoms with Gasteiger partial charge in [-0.25, -0.2) is 4.98 Å². The van der Waals surface area contributed by atoms with Crippen LogP contribution in [-0.4, -0.2) is 45.7 Å². The van der Waals surface area contributed by atoms with E-state index in [1.165, 1.54) is 0 Å². The maximum absolute atomic E-state index is 13.7. The molecule has 0 radical (unpaired) electrons.